The summed E-state index contributed by atoms with van der Waals surface area (Å²) >= 11 is 3.42. The molecule has 0 saturated heterocycles. The summed E-state index contributed by atoms with van der Waals surface area (Å²) in [6.07, 6.45) is 2.64. The third-order valence-electron chi connectivity index (χ3n) is 5.31. The topological polar surface area (TPSA) is 27.0 Å². The van der Waals surface area contributed by atoms with E-state index in [1.807, 2.05) is 37.4 Å². The van der Waals surface area contributed by atoms with E-state index in [9.17, 15) is 9.65 Å². The Morgan fingerprint density at radius 3 is 2.73 bits per heavy atom. The molecule has 1 unspecified atom stereocenters. The predicted molar refractivity (Wildman–Crippen MR) is 110 cm³/mol. The fraction of sp³-hybridized carbons (Fsp3) is 0.318. The number of anilines is 1. The first kappa shape index (κ1) is 18.7. The van der Waals surface area contributed by atoms with Crippen molar-refractivity contribution in [3.63, 3.8) is 0 Å². The van der Waals surface area contributed by atoms with Gasteiger partial charge in [-0.15, -0.1) is 0 Å². The molecule has 0 aliphatic carbocycles. The number of nitrogens with zero attached hydrogens (tertiary/aromatic N) is 2. The van der Waals surface area contributed by atoms with Gasteiger partial charge in [0.1, 0.15) is 5.82 Å². The molecule has 2 aromatic rings. The quantitative estimate of drug-likeness (QED) is 0.422. The van der Waals surface area contributed by atoms with Gasteiger partial charge in [0, 0.05) is 28.3 Å². The molecule has 3 rings (SSSR count). The van der Waals surface area contributed by atoms with Crippen LogP contribution >= 0.6 is 15.9 Å². The SMILES string of the molecule is CC1CC(C)(C)N(C)c2cc(F)c(/C=C(\C#N)c3cccc(Br)c3)cc21. The Morgan fingerprint density at radius 2 is 2.08 bits per heavy atom. The van der Waals surface area contributed by atoms with Crippen LogP contribution in [-0.4, -0.2) is 12.6 Å². The number of benzene rings is 2. The lowest BCUT2D eigenvalue weighted by Crippen LogP contribution is -2.45. The maximum Gasteiger partial charge on any atom is 0.132 e. The van der Waals surface area contributed by atoms with E-state index in [2.05, 4.69) is 47.7 Å². The lowest BCUT2D eigenvalue weighted by molar-refractivity contribution is 0.394. The van der Waals surface area contributed by atoms with Gasteiger partial charge in [-0.25, -0.2) is 4.39 Å². The minimum absolute atomic E-state index is 0.00958. The molecule has 1 aliphatic rings. The van der Waals surface area contributed by atoms with Crippen molar-refractivity contribution in [1.29, 1.82) is 5.26 Å². The van der Waals surface area contributed by atoms with Crippen LogP contribution in [0.2, 0.25) is 0 Å². The van der Waals surface area contributed by atoms with Crippen molar-refractivity contribution >= 4 is 33.3 Å². The normalized spacial score (nSPS) is 19.0. The molecular formula is C22H22BrFN2. The lowest BCUT2D eigenvalue weighted by Gasteiger charge is -2.45. The Bertz CT molecular complexity index is 924. The first-order valence-corrected chi connectivity index (χ1v) is 9.47. The van der Waals surface area contributed by atoms with E-state index < -0.39 is 0 Å². The van der Waals surface area contributed by atoms with Crippen LogP contribution in [0.15, 0.2) is 40.9 Å². The number of nitriles is 1. The average molecular weight is 413 g/mol. The molecule has 1 aliphatic heterocycles. The number of hydrogen-bond donors (Lipinski definition) is 0. The minimum Gasteiger partial charge on any atom is -0.369 e. The summed E-state index contributed by atoms with van der Waals surface area (Å²) in [6, 6.07) is 13.2. The third-order valence-corrected chi connectivity index (χ3v) is 5.80. The highest BCUT2D eigenvalue weighted by atomic mass is 79.9. The van der Waals surface area contributed by atoms with Crippen LogP contribution in [0.5, 0.6) is 0 Å². The van der Waals surface area contributed by atoms with E-state index in [0.29, 0.717) is 17.1 Å². The van der Waals surface area contributed by atoms with Crippen molar-refractivity contribution in [3.8, 4) is 6.07 Å². The van der Waals surface area contributed by atoms with Gasteiger partial charge < -0.3 is 4.90 Å². The van der Waals surface area contributed by atoms with E-state index in [4.69, 9.17) is 0 Å². The minimum atomic E-state index is -0.303. The van der Waals surface area contributed by atoms with Crippen LogP contribution in [-0.2, 0) is 0 Å². The van der Waals surface area contributed by atoms with E-state index in [0.717, 1.165) is 27.7 Å². The second kappa shape index (κ2) is 6.89. The fourth-order valence-electron chi connectivity index (χ4n) is 3.71. The summed E-state index contributed by atoms with van der Waals surface area (Å²) in [5.41, 5.74) is 3.73. The van der Waals surface area contributed by atoms with Crippen LogP contribution in [0, 0.1) is 17.1 Å². The fourth-order valence-corrected chi connectivity index (χ4v) is 4.11. The maximum atomic E-state index is 14.8. The molecule has 0 spiro atoms. The summed E-state index contributed by atoms with van der Waals surface area (Å²) in [4.78, 5) is 2.15. The zero-order valence-electron chi connectivity index (χ0n) is 15.5. The molecule has 0 N–H and O–H groups in total. The first-order valence-electron chi connectivity index (χ1n) is 8.68. The molecule has 2 nitrogen and oxygen atoms in total. The van der Waals surface area contributed by atoms with Gasteiger partial charge in [0.05, 0.1) is 11.6 Å². The van der Waals surface area contributed by atoms with Gasteiger partial charge in [-0.3, -0.25) is 0 Å². The van der Waals surface area contributed by atoms with Gasteiger partial charge >= 0.3 is 0 Å². The lowest BCUT2D eigenvalue weighted by atomic mass is 9.80. The number of fused-ring (bicyclic) bond motifs is 1. The number of allylic oxidation sites excluding steroid dienone is 1. The average Bonchev–Trinajstić information content (AvgIpc) is 2.58. The molecule has 0 fully saturated rings. The van der Waals surface area contributed by atoms with Crippen molar-refractivity contribution < 1.29 is 4.39 Å². The molecule has 0 saturated carbocycles. The highest BCUT2D eigenvalue weighted by Crippen LogP contribution is 2.43. The van der Waals surface area contributed by atoms with Crippen LogP contribution in [0.25, 0.3) is 11.6 Å². The highest BCUT2D eigenvalue weighted by Gasteiger charge is 2.34. The van der Waals surface area contributed by atoms with Crippen molar-refractivity contribution in [2.45, 2.75) is 38.6 Å². The predicted octanol–water partition coefficient (Wildman–Crippen LogP) is 6.37. The highest BCUT2D eigenvalue weighted by molar-refractivity contribution is 9.10. The van der Waals surface area contributed by atoms with Crippen molar-refractivity contribution in [2.24, 2.45) is 0 Å². The van der Waals surface area contributed by atoms with Gasteiger partial charge in [0.15, 0.2) is 0 Å². The molecule has 2 aromatic carbocycles. The van der Waals surface area contributed by atoms with Gasteiger partial charge in [0.2, 0.25) is 0 Å². The summed E-state index contributed by atoms with van der Waals surface area (Å²) < 4.78 is 15.7. The van der Waals surface area contributed by atoms with Crippen LogP contribution in [0.4, 0.5) is 10.1 Å². The molecule has 134 valence electrons. The Morgan fingerprint density at radius 1 is 1.35 bits per heavy atom. The molecular weight excluding hydrogens is 391 g/mol. The third kappa shape index (κ3) is 3.41. The van der Waals surface area contributed by atoms with E-state index >= 15 is 0 Å². The molecule has 26 heavy (non-hydrogen) atoms. The van der Waals surface area contributed by atoms with Crippen molar-refractivity contribution in [3.05, 3.63) is 63.4 Å². The van der Waals surface area contributed by atoms with Crippen LogP contribution in [0.3, 0.4) is 0 Å². The molecule has 0 aromatic heterocycles. The summed E-state index contributed by atoms with van der Waals surface area (Å²) in [6.45, 7) is 6.54. The number of rotatable bonds is 2. The first-order chi connectivity index (χ1) is 12.2. The van der Waals surface area contributed by atoms with E-state index in [1.54, 1.807) is 12.1 Å². The second-order valence-electron chi connectivity index (χ2n) is 7.59. The van der Waals surface area contributed by atoms with E-state index in [-0.39, 0.29) is 11.4 Å². The summed E-state index contributed by atoms with van der Waals surface area (Å²) in [5.74, 6) is 0.0311. The Balaban J connectivity index is 2.10. The molecule has 0 bridgehead atoms. The largest absolute Gasteiger partial charge is 0.369 e. The zero-order chi connectivity index (χ0) is 19.1. The molecule has 1 atom stereocenters. The number of halogens is 2. The van der Waals surface area contributed by atoms with Crippen molar-refractivity contribution in [1.82, 2.24) is 0 Å². The summed E-state index contributed by atoms with van der Waals surface area (Å²) in [7, 11) is 2.02. The van der Waals surface area contributed by atoms with Gasteiger partial charge in [-0.2, -0.15) is 5.26 Å². The maximum absolute atomic E-state index is 14.8. The molecule has 0 radical (unpaired) electrons. The number of hydrogen-bond acceptors (Lipinski definition) is 2. The van der Waals surface area contributed by atoms with Crippen LogP contribution < -0.4 is 4.90 Å². The smallest absolute Gasteiger partial charge is 0.132 e. The standard InChI is InChI=1S/C22H22BrFN2/c1-14-12-22(2,3)26(4)21-11-20(24)16(10-19(14)21)8-17(13-25)15-6-5-7-18(23)9-15/h5-11,14H,12H2,1-4H3/b17-8+. The van der Waals surface area contributed by atoms with E-state index in [1.165, 1.54) is 0 Å². The van der Waals surface area contributed by atoms with Crippen molar-refractivity contribution in [2.75, 3.05) is 11.9 Å². The molecule has 0 amide bonds. The Hall–Kier alpha value is -2.12. The second-order valence-corrected chi connectivity index (χ2v) is 8.50. The van der Waals surface area contributed by atoms with Crippen LogP contribution in [0.1, 0.15) is 49.8 Å². The van der Waals surface area contributed by atoms with Gasteiger partial charge in [-0.1, -0.05) is 35.0 Å². The summed E-state index contributed by atoms with van der Waals surface area (Å²) in [5, 5.41) is 9.56. The molecule has 4 heteroatoms. The Kier molecular flexibility index (Phi) is 4.94. The van der Waals surface area contributed by atoms with Gasteiger partial charge in [0.25, 0.3) is 0 Å². The van der Waals surface area contributed by atoms with Gasteiger partial charge in [-0.05, 0) is 67.7 Å². The zero-order valence-corrected chi connectivity index (χ0v) is 17.1. The monoisotopic (exact) mass is 412 g/mol. The Labute approximate surface area is 163 Å². The molecule has 1 heterocycles.